The molecule has 0 aromatic carbocycles. The van der Waals surface area contributed by atoms with Crippen molar-refractivity contribution in [1.82, 2.24) is 9.88 Å². The van der Waals surface area contributed by atoms with E-state index >= 15 is 0 Å². The average Bonchev–Trinajstić information content (AvgIpc) is 3.03. The van der Waals surface area contributed by atoms with Crippen LogP contribution in [0.15, 0.2) is 0 Å². The summed E-state index contributed by atoms with van der Waals surface area (Å²) in [6.45, 7) is 5.02. The van der Waals surface area contributed by atoms with Gasteiger partial charge in [0.1, 0.15) is 4.88 Å². The zero-order valence-electron chi connectivity index (χ0n) is 12.3. The molecule has 1 aliphatic heterocycles. The predicted molar refractivity (Wildman–Crippen MR) is 78.7 cm³/mol. The van der Waals surface area contributed by atoms with E-state index in [0.29, 0.717) is 23.7 Å². The van der Waals surface area contributed by atoms with Gasteiger partial charge in [0.15, 0.2) is 0 Å². The van der Waals surface area contributed by atoms with Gasteiger partial charge in [-0.2, -0.15) is 0 Å². The highest BCUT2D eigenvalue weighted by Gasteiger charge is 2.26. The summed E-state index contributed by atoms with van der Waals surface area (Å²) in [6, 6.07) is 0. The molecule has 1 aromatic heterocycles. The summed E-state index contributed by atoms with van der Waals surface area (Å²) in [7, 11) is 0. The Kier molecular flexibility index (Phi) is 5.30. The summed E-state index contributed by atoms with van der Waals surface area (Å²) in [5.74, 6) is -1.05. The van der Waals surface area contributed by atoms with E-state index in [9.17, 15) is 9.59 Å². The van der Waals surface area contributed by atoms with E-state index < -0.39 is 5.97 Å². The Labute approximate surface area is 127 Å². The lowest BCUT2D eigenvalue weighted by molar-refractivity contribution is -0.137. The highest BCUT2D eigenvalue weighted by atomic mass is 32.1. The van der Waals surface area contributed by atoms with Crippen LogP contribution >= 0.6 is 11.3 Å². The number of carboxylic acids is 1. The number of thiazole rings is 1. The molecule has 2 heterocycles. The number of aliphatic carboxylic acids is 1. The second-order valence-electron chi connectivity index (χ2n) is 5.18. The van der Waals surface area contributed by atoms with E-state index in [2.05, 4.69) is 4.98 Å². The molecule has 1 atom stereocenters. The molecule has 21 heavy (non-hydrogen) atoms. The molecule has 0 aliphatic carbocycles. The van der Waals surface area contributed by atoms with Gasteiger partial charge in [0.25, 0.3) is 5.91 Å². The third-order valence-corrected chi connectivity index (χ3v) is 4.49. The zero-order valence-corrected chi connectivity index (χ0v) is 13.1. The molecule has 1 N–H and O–H groups in total. The van der Waals surface area contributed by atoms with Crippen LogP contribution < -0.4 is 0 Å². The quantitative estimate of drug-likeness (QED) is 0.867. The number of ether oxygens (including phenoxy) is 1. The molecule has 0 radical (unpaired) electrons. The Morgan fingerprint density at radius 3 is 2.76 bits per heavy atom. The molecular weight excluding hydrogens is 292 g/mol. The Morgan fingerprint density at radius 2 is 2.24 bits per heavy atom. The van der Waals surface area contributed by atoms with Crippen LogP contribution in [0.25, 0.3) is 0 Å². The van der Waals surface area contributed by atoms with Gasteiger partial charge in [-0.25, -0.2) is 4.98 Å². The summed E-state index contributed by atoms with van der Waals surface area (Å²) < 4.78 is 5.56. The van der Waals surface area contributed by atoms with E-state index in [1.54, 1.807) is 11.8 Å². The molecule has 2 rings (SSSR count). The summed E-state index contributed by atoms with van der Waals surface area (Å²) in [4.78, 5) is 29.9. The molecule has 0 bridgehead atoms. The maximum absolute atomic E-state index is 12.6. The van der Waals surface area contributed by atoms with Crippen molar-refractivity contribution >= 4 is 23.2 Å². The lowest BCUT2D eigenvalue weighted by Gasteiger charge is -2.24. The second kappa shape index (κ2) is 7.00. The number of hydrogen-bond donors (Lipinski definition) is 1. The van der Waals surface area contributed by atoms with Crippen molar-refractivity contribution in [2.24, 2.45) is 0 Å². The molecule has 1 amide bonds. The van der Waals surface area contributed by atoms with Crippen molar-refractivity contribution < 1.29 is 19.4 Å². The van der Waals surface area contributed by atoms with Crippen LogP contribution in [0.1, 0.15) is 39.6 Å². The van der Waals surface area contributed by atoms with Crippen LogP contribution in [-0.2, 0) is 9.53 Å². The number of aryl methyl sites for hydroxylation is 2. The molecule has 0 unspecified atom stereocenters. The number of rotatable bonds is 6. The van der Waals surface area contributed by atoms with Crippen LogP contribution in [-0.4, -0.2) is 52.7 Å². The van der Waals surface area contributed by atoms with E-state index in [1.165, 1.54) is 11.3 Å². The first kappa shape index (κ1) is 15.9. The van der Waals surface area contributed by atoms with Crippen LogP contribution in [0, 0.1) is 13.8 Å². The Hall–Kier alpha value is -1.47. The second-order valence-corrected chi connectivity index (χ2v) is 6.38. The number of carbonyl (C=O) groups is 2. The molecule has 6 nitrogen and oxygen atoms in total. The Bertz CT molecular complexity index is 523. The maximum atomic E-state index is 12.6. The third-order valence-electron chi connectivity index (χ3n) is 3.43. The minimum atomic E-state index is -0.905. The fourth-order valence-electron chi connectivity index (χ4n) is 2.41. The lowest BCUT2D eigenvalue weighted by Crippen LogP contribution is -2.38. The fourth-order valence-corrected chi connectivity index (χ4v) is 3.30. The monoisotopic (exact) mass is 312 g/mol. The van der Waals surface area contributed by atoms with E-state index in [0.717, 1.165) is 17.8 Å². The molecule has 1 aromatic rings. The fraction of sp³-hybridized carbons (Fsp3) is 0.643. The predicted octanol–water partition coefficient (Wildman–Crippen LogP) is 1.86. The van der Waals surface area contributed by atoms with Crippen molar-refractivity contribution in [2.45, 2.75) is 39.2 Å². The molecule has 1 fully saturated rings. The van der Waals surface area contributed by atoms with Gasteiger partial charge >= 0.3 is 5.97 Å². The first-order valence-corrected chi connectivity index (χ1v) is 7.85. The van der Waals surface area contributed by atoms with Crippen LogP contribution in [0.2, 0.25) is 0 Å². The molecule has 1 aliphatic rings. The standard InChI is InChI=1S/C14H20N2O4S/c1-9-13(21-10(2)15-9)14(19)16(6-5-12(17)18)8-11-4-3-7-20-11/h11H,3-8H2,1-2H3,(H,17,18)/t11-/m1/s1. The first-order chi connectivity index (χ1) is 9.97. The number of aromatic nitrogens is 1. The van der Waals surface area contributed by atoms with Gasteiger partial charge < -0.3 is 14.7 Å². The number of carbonyl (C=O) groups excluding carboxylic acids is 1. The van der Waals surface area contributed by atoms with Gasteiger partial charge in [0.2, 0.25) is 0 Å². The third kappa shape index (κ3) is 4.25. The maximum Gasteiger partial charge on any atom is 0.305 e. The SMILES string of the molecule is Cc1nc(C)c(C(=O)N(CCC(=O)O)C[C@H]2CCCO2)s1. The van der Waals surface area contributed by atoms with Crippen LogP contribution in [0.5, 0.6) is 0 Å². The zero-order chi connectivity index (χ0) is 15.4. The molecular formula is C14H20N2O4S. The van der Waals surface area contributed by atoms with Crippen molar-refractivity contribution in [3.63, 3.8) is 0 Å². The van der Waals surface area contributed by atoms with Crippen molar-refractivity contribution in [3.8, 4) is 0 Å². The van der Waals surface area contributed by atoms with Crippen molar-refractivity contribution in [3.05, 3.63) is 15.6 Å². The van der Waals surface area contributed by atoms with Gasteiger partial charge in [-0.15, -0.1) is 11.3 Å². The Morgan fingerprint density at radius 1 is 1.48 bits per heavy atom. The smallest absolute Gasteiger partial charge is 0.305 e. The molecule has 1 saturated heterocycles. The number of carboxylic acid groups (broad SMARTS) is 1. The first-order valence-electron chi connectivity index (χ1n) is 7.04. The molecule has 0 saturated carbocycles. The van der Waals surface area contributed by atoms with Crippen LogP contribution in [0.3, 0.4) is 0 Å². The highest BCUT2D eigenvalue weighted by Crippen LogP contribution is 2.21. The largest absolute Gasteiger partial charge is 0.481 e. The van der Waals surface area contributed by atoms with Gasteiger partial charge in [0, 0.05) is 19.7 Å². The van der Waals surface area contributed by atoms with Gasteiger partial charge in [0.05, 0.1) is 23.2 Å². The topological polar surface area (TPSA) is 79.7 Å². The van der Waals surface area contributed by atoms with E-state index in [4.69, 9.17) is 9.84 Å². The van der Waals surface area contributed by atoms with E-state index in [-0.39, 0.29) is 25.0 Å². The lowest BCUT2D eigenvalue weighted by atomic mass is 10.2. The van der Waals surface area contributed by atoms with Gasteiger partial charge in [-0.1, -0.05) is 0 Å². The summed E-state index contributed by atoms with van der Waals surface area (Å²) in [5.41, 5.74) is 0.704. The van der Waals surface area contributed by atoms with Crippen molar-refractivity contribution in [2.75, 3.05) is 19.7 Å². The minimum absolute atomic E-state index is 0.0112. The molecule has 7 heteroatoms. The highest BCUT2D eigenvalue weighted by molar-refractivity contribution is 7.13. The van der Waals surface area contributed by atoms with Gasteiger partial charge in [-0.05, 0) is 26.7 Å². The average molecular weight is 312 g/mol. The summed E-state index contributed by atoms with van der Waals surface area (Å²) >= 11 is 1.35. The van der Waals surface area contributed by atoms with Crippen molar-refractivity contribution in [1.29, 1.82) is 0 Å². The number of nitrogens with zero attached hydrogens (tertiary/aromatic N) is 2. The molecule has 0 spiro atoms. The number of amides is 1. The normalized spacial score (nSPS) is 17.9. The van der Waals surface area contributed by atoms with E-state index in [1.807, 2.05) is 6.92 Å². The Balaban J connectivity index is 2.10. The summed E-state index contributed by atoms with van der Waals surface area (Å²) in [6.07, 6.45) is 1.86. The molecule has 116 valence electrons. The minimum Gasteiger partial charge on any atom is -0.481 e. The number of hydrogen-bond acceptors (Lipinski definition) is 5. The summed E-state index contributed by atoms with van der Waals surface area (Å²) in [5, 5.41) is 9.69. The van der Waals surface area contributed by atoms with Crippen LogP contribution in [0.4, 0.5) is 0 Å². The van der Waals surface area contributed by atoms with Gasteiger partial charge in [-0.3, -0.25) is 9.59 Å².